The van der Waals surface area contributed by atoms with Crippen LogP contribution < -0.4 is 16.4 Å². The predicted octanol–water partition coefficient (Wildman–Crippen LogP) is 2.02. The number of hydrogen-bond acceptors (Lipinski definition) is 10. The maximum atomic E-state index is 12.1. The van der Waals surface area contributed by atoms with E-state index in [0.29, 0.717) is 5.82 Å². The van der Waals surface area contributed by atoms with Gasteiger partial charge in [-0.15, -0.1) is 0 Å². The third kappa shape index (κ3) is 8.78. The van der Waals surface area contributed by atoms with Crippen molar-refractivity contribution in [3.8, 4) is 0 Å². The quantitative estimate of drug-likeness (QED) is 0.349. The highest BCUT2D eigenvalue weighted by Crippen LogP contribution is 2.19. The highest BCUT2D eigenvalue weighted by atomic mass is 16.6. The zero-order valence-corrected chi connectivity index (χ0v) is 23.6. The molecule has 4 N–H and O–H groups in total. The van der Waals surface area contributed by atoms with Crippen LogP contribution in [0.5, 0.6) is 0 Å². The molecule has 0 aliphatic rings. The fourth-order valence-electron chi connectivity index (χ4n) is 2.83. The third-order valence-corrected chi connectivity index (χ3v) is 5.22. The molecule has 0 bridgehead atoms. The molecule has 14 nitrogen and oxygen atoms in total. The van der Waals surface area contributed by atoms with Crippen molar-refractivity contribution in [3.63, 3.8) is 0 Å². The molecule has 2 aromatic heterocycles. The van der Waals surface area contributed by atoms with Gasteiger partial charge < -0.3 is 39.7 Å². The maximum Gasteiger partial charge on any atom is 0.408 e. The molecule has 212 valence electrons. The Morgan fingerprint density at radius 2 is 1.34 bits per heavy atom. The Labute approximate surface area is 222 Å². The second-order valence-corrected chi connectivity index (χ2v) is 10.3. The molecule has 0 saturated carbocycles. The van der Waals surface area contributed by atoms with Crippen LogP contribution in [-0.4, -0.2) is 68.9 Å². The molecule has 0 saturated heterocycles. The summed E-state index contributed by atoms with van der Waals surface area (Å²) in [5.74, 6) is -0.601. The molecule has 1 atom stereocenters. The molecule has 38 heavy (non-hydrogen) atoms. The number of rotatable bonds is 7. The Morgan fingerprint density at radius 1 is 0.868 bits per heavy atom. The van der Waals surface area contributed by atoms with Gasteiger partial charge in [-0.1, -0.05) is 0 Å². The van der Waals surface area contributed by atoms with Crippen LogP contribution in [0.2, 0.25) is 0 Å². The van der Waals surface area contributed by atoms with Crippen molar-refractivity contribution in [1.82, 2.24) is 24.4 Å². The Hall–Kier alpha value is -4.10. The van der Waals surface area contributed by atoms with E-state index in [0.717, 1.165) is 0 Å². The van der Waals surface area contributed by atoms with Gasteiger partial charge in [-0.25, -0.2) is 24.4 Å². The average Bonchev–Trinajstić information content (AvgIpc) is 3.46. The largest absolute Gasteiger partial charge is 0.467 e. The zero-order chi connectivity index (χ0) is 29.5. The number of anilines is 2. The number of aromatic nitrogens is 4. The van der Waals surface area contributed by atoms with Crippen molar-refractivity contribution in [3.05, 3.63) is 25.0 Å². The predicted molar refractivity (Wildman–Crippen MR) is 139 cm³/mol. The van der Waals surface area contributed by atoms with E-state index in [9.17, 15) is 19.2 Å². The minimum absolute atomic E-state index is 0.250. The standard InChI is InChI=1S/C16H26N4O5.C8H13N3O2/c1-10(18-14(23)25-15(2,3)4)12(21)19-11-8-20(9-17-11)16(5,6)13(22)24-7;1-8(2,7(12)13-3)11-4-6(9)10-5-11/h8-10H,1-7H3,(H,18,23)(H,19,21);4-5H,9H2,1-3H3. The number of nitrogens with zero attached hydrogens (tertiary/aromatic N) is 4. The molecule has 0 aliphatic heterocycles. The number of alkyl carbamates (subject to hydrolysis) is 1. The normalized spacial score (nSPS) is 12.4. The summed E-state index contributed by atoms with van der Waals surface area (Å²) < 4.78 is 17.6. The van der Waals surface area contributed by atoms with Crippen LogP contribution in [0.25, 0.3) is 0 Å². The van der Waals surface area contributed by atoms with Crippen molar-refractivity contribution in [2.75, 3.05) is 25.3 Å². The van der Waals surface area contributed by atoms with Crippen LogP contribution >= 0.6 is 0 Å². The van der Waals surface area contributed by atoms with Gasteiger partial charge >= 0.3 is 18.0 Å². The fourth-order valence-corrected chi connectivity index (χ4v) is 2.83. The molecule has 2 amide bonds. The van der Waals surface area contributed by atoms with E-state index in [-0.39, 0.29) is 11.8 Å². The monoisotopic (exact) mass is 537 g/mol. The van der Waals surface area contributed by atoms with Gasteiger partial charge in [-0.3, -0.25) is 4.79 Å². The first-order chi connectivity index (χ1) is 17.3. The molecule has 0 fully saturated rings. The van der Waals surface area contributed by atoms with Gasteiger partial charge in [-0.2, -0.15) is 0 Å². The highest BCUT2D eigenvalue weighted by Gasteiger charge is 2.32. The molecule has 2 rings (SSSR count). The first-order valence-corrected chi connectivity index (χ1v) is 11.7. The second kappa shape index (κ2) is 12.4. The molecule has 1 unspecified atom stereocenters. The lowest BCUT2D eigenvalue weighted by molar-refractivity contribution is -0.150. The Balaban J connectivity index is 0.000000464. The van der Waals surface area contributed by atoms with Crippen molar-refractivity contribution in [2.24, 2.45) is 0 Å². The molecule has 2 aromatic rings. The Morgan fingerprint density at radius 3 is 1.76 bits per heavy atom. The summed E-state index contributed by atoms with van der Waals surface area (Å²) in [6, 6.07) is -0.825. The van der Waals surface area contributed by atoms with E-state index in [1.54, 1.807) is 59.2 Å². The molecule has 14 heteroatoms. The lowest BCUT2D eigenvalue weighted by atomic mass is 10.1. The molecular formula is C24H39N7O7. The van der Waals surface area contributed by atoms with E-state index < -0.39 is 40.7 Å². The summed E-state index contributed by atoms with van der Waals surface area (Å²) in [4.78, 5) is 54.8. The number of esters is 2. The summed E-state index contributed by atoms with van der Waals surface area (Å²) in [5, 5.41) is 5.00. The minimum Gasteiger partial charge on any atom is -0.467 e. The Kier molecular flexibility index (Phi) is 10.4. The molecule has 0 spiro atoms. The van der Waals surface area contributed by atoms with E-state index in [4.69, 9.17) is 15.2 Å². The number of nitrogens with two attached hydrogens (primary N) is 1. The first-order valence-electron chi connectivity index (χ1n) is 11.7. The molecular weight excluding hydrogens is 498 g/mol. The number of methoxy groups -OCH3 is 2. The van der Waals surface area contributed by atoms with Crippen LogP contribution in [0.15, 0.2) is 25.0 Å². The summed E-state index contributed by atoms with van der Waals surface area (Å²) in [5.41, 5.74) is 3.05. The number of carbonyl (C=O) groups excluding carboxylic acids is 4. The van der Waals surface area contributed by atoms with Gasteiger partial charge in [0.1, 0.15) is 28.5 Å². The van der Waals surface area contributed by atoms with Crippen molar-refractivity contribution < 1.29 is 33.4 Å². The highest BCUT2D eigenvalue weighted by molar-refractivity contribution is 5.95. The number of ether oxygens (including phenoxy) is 3. The minimum atomic E-state index is -0.967. The van der Waals surface area contributed by atoms with E-state index in [1.165, 1.54) is 44.6 Å². The number of nitrogen functional groups attached to an aromatic ring is 1. The summed E-state index contributed by atoms with van der Waals surface area (Å²) in [6.45, 7) is 13.5. The number of amides is 2. The third-order valence-electron chi connectivity index (χ3n) is 5.22. The molecule has 0 aromatic carbocycles. The van der Waals surface area contributed by atoms with Crippen molar-refractivity contribution >= 4 is 35.6 Å². The number of carbonyl (C=O) groups is 4. The van der Waals surface area contributed by atoms with Gasteiger partial charge in [0.15, 0.2) is 5.82 Å². The van der Waals surface area contributed by atoms with E-state index in [2.05, 4.69) is 25.3 Å². The lowest BCUT2D eigenvalue weighted by Crippen LogP contribution is -2.44. The lowest BCUT2D eigenvalue weighted by Gasteiger charge is -2.22. The number of imidazole rings is 2. The number of nitrogens with one attached hydrogen (secondary N) is 2. The molecule has 2 heterocycles. The molecule has 0 radical (unpaired) electrons. The maximum absolute atomic E-state index is 12.1. The summed E-state index contributed by atoms with van der Waals surface area (Å²) in [6.07, 6.45) is 5.34. The van der Waals surface area contributed by atoms with E-state index >= 15 is 0 Å². The zero-order valence-electron chi connectivity index (χ0n) is 23.6. The van der Waals surface area contributed by atoms with Crippen LogP contribution in [0.1, 0.15) is 55.4 Å². The fraction of sp³-hybridized carbons (Fsp3) is 0.583. The van der Waals surface area contributed by atoms with Gasteiger partial charge in [0, 0.05) is 12.4 Å². The van der Waals surface area contributed by atoms with Gasteiger partial charge in [-0.05, 0) is 55.4 Å². The van der Waals surface area contributed by atoms with Gasteiger partial charge in [0.25, 0.3) is 0 Å². The first kappa shape index (κ1) is 31.9. The van der Waals surface area contributed by atoms with Crippen molar-refractivity contribution in [2.45, 2.75) is 78.1 Å². The smallest absolute Gasteiger partial charge is 0.408 e. The van der Waals surface area contributed by atoms with Crippen molar-refractivity contribution in [1.29, 1.82) is 0 Å². The number of hydrogen-bond donors (Lipinski definition) is 3. The van der Waals surface area contributed by atoms with Crippen LogP contribution in [0, 0.1) is 0 Å². The van der Waals surface area contributed by atoms with Crippen LogP contribution in [0.4, 0.5) is 16.4 Å². The summed E-state index contributed by atoms with van der Waals surface area (Å²) >= 11 is 0. The molecule has 0 aliphatic carbocycles. The SMILES string of the molecule is COC(=O)C(C)(C)n1cnc(N)c1.COC(=O)C(C)(C)n1cnc(NC(=O)C(C)NC(=O)OC(C)(C)C)c1. The van der Waals surface area contributed by atoms with Gasteiger partial charge in [0.2, 0.25) is 5.91 Å². The van der Waals surface area contributed by atoms with Gasteiger partial charge in [0.05, 0.1) is 26.9 Å². The topological polar surface area (TPSA) is 182 Å². The summed E-state index contributed by atoms with van der Waals surface area (Å²) in [7, 11) is 2.65. The van der Waals surface area contributed by atoms with Crippen LogP contribution in [0.3, 0.4) is 0 Å². The average molecular weight is 538 g/mol. The van der Waals surface area contributed by atoms with Crippen LogP contribution in [-0.2, 0) is 39.7 Å². The van der Waals surface area contributed by atoms with E-state index in [1.807, 2.05) is 0 Å². The Bertz CT molecular complexity index is 1130. The second-order valence-electron chi connectivity index (χ2n) is 10.3.